The molecule has 1 nitrogen and oxygen atoms in total. The van der Waals surface area contributed by atoms with Gasteiger partial charge in [0.05, 0.1) is 13.2 Å². The smallest absolute Gasteiger partial charge is 0.0649 e. The average molecular weight is 192 g/mol. The molecule has 3 heteroatoms. The van der Waals surface area contributed by atoms with E-state index in [-0.39, 0.29) is 0 Å². The summed E-state index contributed by atoms with van der Waals surface area (Å²) in [6.45, 7) is 8.18. The van der Waals surface area contributed by atoms with Crippen LogP contribution in [0, 0.1) is 0 Å². The summed E-state index contributed by atoms with van der Waals surface area (Å²) in [5.41, 5.74) is 0. The zero-order valence-electron chi connectivity index (χ0n) is 6.70. The monoisotopic (exact) mass is 192 g/mol. The van der Waals surface area contributed by atoms with Crippen molar-refractivity contribution in [2.75, 3.05) is 24.7 Å². The van der Waals surface area contributed by atoms with Crippen LogP contribution in [0.2, 0.25) is 0 Å². The van der Waals surface area contributed by atoms with Crippen LogP contribution >= 0.6 is 25.3 Å². The first-order valence-electron chi connectivity index (χ1n) is 3.34. The minimum Gasteiger partial charge on any atom is -0.373 e. The van der Waals surface area contributed by atoms with Crippen LogP contribution in [-0.4, -0.2) is 24.7 Å². The summed E-state index contributed by atoms with van der Waals surface area (Å²) in [6, 6.07) is 0. The van der Waals surface area contributed by atoms with Crippen LogP contribution in [0.25, 0.3) is 0 Å². The zero-order chi connectivity index (χ0) is 8.95. The van der Waals surface area contributed by atoms with E-state index in [9.17, 15) is 0 Å². The Morgan fingerprint density at radius 2 is 1.36 bits per heavy atom. The third-order valence-electron chi connectivity index (χ3n) is 0.571. The van der Waals surface area contributed by atoms with E-state index >= 15 is 0 Å². The van der Waals surface area contributed by atoms with Gasteiger partial charge in [0.25, 0.3) is 0 Å². The fraction of sp³-hybridized carbons (Fsp3) is 0.500. The Morgan fingerprint density at radius 1 is 1.00 bits per heavy atom. The molecule has 0 aliphatic carbocycles. The first-order valence-corrected chi connectivity index (χ1v) is 4.61. The maximum Gasteiger partial charge on any atom is 0.0649 e. The Kier molecular flexibility index (Phi) is 20.7. The first-order chi connectivity index (χ1) is 5.33. The summed E-state index contributed by atoms with van der Waals surface area (Å²) in [7, 11) is 0. The summed E-state index contributed by atoms with van der Waals surface area (Å²) in [5.74, 6) is 1.76. The average Bonchev–Trinajstić information content (AvgIpc) is 2.06. The maximum atomic E-state index is 4.90. The molecule has 11 heavy (non-hydrogen) atoms. The summed E-state index contributed by atoms with van der Waals surface area (Å²) >= 11 is 7.69. The predicted molar refractivity (Wildman–Crippen MR) is 58.9 cm³/mol. The molecular formula is C8H16OS2. The normalized spacial score (nSPS) is 7.82. The third kappa shape index (κ3) is 25.4. The number of ether oxygens (including phenoxy) is 1. The van der Waals surface area contributed by atoms with Gasteiger partial charge in [-0.15, -0.1) is 13.2 Å². The molecule has 0 radical (unpaired) electrons. The highest BCUT2D eigenvalue weighted by Gasteiger charge is 1.70. The third-order valence-corrected chi connectivity index (χ3v) is 1.37. The number of thiol groups is 2. The van der Waals surface area contributed by atoms with Gasteiger partial charge in [-0.1, -0.05) is 12.2 Å². The zero-order valence-corrected chi connectivity index (χ0v) is 8.49. The Hall–Kier alpha value is 0.140. The van der Waals surface area contributed by atoms with Crippen molar-refractivity contribution < 1.29 is 4.74 Å². The molecule has 0 amide bonds. The van der Waals surface area contributed by atoms with Crippen LogP contribution in [0.15, 0.2) is 25.3 Å². The lowest BCUT2D eigenvalue weighted by atomic mass is 10.6. The Balaban J connectivity index is 0. The van der Waals surface area contributed by atoms with Crippen molar-refractivity contribution in [1.29, 1.82) is 0 Å². The molecule has 66 valence electrons. The van der Waals surface area contributed by atoms with E-state index in [0.717, 1.165) is 11.5 Å². The van der Waals surface area contributed by atoms with Crippen molar-refractivity contribution in [3.05, 3.63) is 25.3 Å². The lowest BCUT2D eigenvalue weighted by molar-refractivity contribution is 0.194. The highest BCUT2D eigenvalue weighted by atomic mass is 32.1. The van der Waals surface area contributed by atoms with Crippen molar-refractivity contribution in [1.82, 2.24) is 0 Å². The summed E-state index contributed by atoms with van der Waals surface area (Å²) < 4.78 is 4.90. The molecule has 0 spiro atoms. The number of hydrogen-bond acceptors (Lipinski definition) is 3. The van der Waals surface area contributed by atoms with Crippen molar-refractivity contribution >= 4 is 25.3 Å². The Morgan fingerprint density at radius 3 is 1.55 bits per heavy atom. The van der Waals surface area contributed by atoms with Crippen LogP contribution in [0.4, 0.5) is 0 Å². The van der Waals surface area contributed by atoms with Crippen molar-refractivity contribution in [2.45, 2.75) is 0 Å². The molecule has 0 aromatic rings. The van der Waals surface area contributed by atoms with Crippen LogP contribution in [0.3, 0.4) is 0 Å². The molecule has 0 saturated heterocycles. The van der Waals surface area contributed by atoms with Gasteiger partial charge in [0.1, 0.15) is 0 Å². The molecule has 0 aliphatic rings. The van der Waals surface area contributed by atoms with Gasteiger partial charge in [-0.3, -0.25) is 0 Å². The van der Waals surface area contributed by atoms with Crippen molar-refractivity contribution in [3.8, 4) is 0 Å². The van der Waals surface area contributed by atoms with E-state index < -0.39 is 0 Å². The highest BCUT2D eigenvalue weighted by molar-refractivity contribution is 7.84. The quantitative estimate of drug-likeness (QED) is 0.386. The maximum absolute atomic E-state index is 4.90. The standard InChI is InChI=1S/C6H10O.C2H6S2/c1-3-5-7-6-4-2;3-1-2-4/h3-4H,1-2,5-6H2;3-4H,1-2H2. The molecular weight excluding hydrogens is 176 g/mol. The van der Waals surface area contributed by atoms with Crippen LogP contribution in [0.5, 0.6) is 0 Å². The van der Waals surface area contributed by atoms with E-state index in [1.807, 2.05) is 0 Å². The van der Waals surface area contributed by atoms with Gasteiger partial charge in [-0.2, -0.15) is 25.3 Å². The van der Waals surface area contributed by atoms with Gasteiger partial charge in [0, 0.05) is 0 Å². The van der Waals surface area contributed by atoms with Gasteiger partial charge in [-0.25, -0.2) is 0 Å². The second-order valence-electron chi connectivity index (χ2n) is 1.56. The van der Waals surface area contributed by atoms with E-state index in [0.29, 0.717) is 13.2 Å². The van der Waals surface area contributed by atoms with Crippen molar-refractivity contribution in [3.63, 3.8) is 0 Å². The topological polar surface area (TPSA) is 9.23 Å². The predicted octanol–water partition coefficient (Wildman–Crippen LogP) is 2.22. The molecule has 0 unspecified atom stereocenters. The molecule has 0 rings (SSSR count). The molecule has 0 saturated carbocycles. The van der Waals surface area contributed by atoms with E-state index in [4.69, 9.17) is 4.74 Å². The summed E-state index contributed by atoms with van der Waals surface area (Å²) in [6.07, 6.45) is 3.42. The van der Waals surface area contributed by atoms with E-state index in [2.05, 4.69) is 38.4 Å². The molecule has 0 fully saturated rings. The fourth-order valence-corrected chi connectivity index (χ4v) is 0.235. The second-order valence-corrected chi connectivity index (χ2v) is 2.46. The second kappa shape index (κ2) is 16.6. The fourth-order valence-electron chi connectivity index (χ4n) is 0.235. The molecule has 0 atom stereocenters. The van der Waals surface area contributed by atoms with Gasteiger partial charge in [-0.05, 0) is 11.5 Å². The Labute approximate surface area is 80.3 Å². The lowest BCUT2D eigenvalue weighted by Crippen LogP contribution is -1.87. The molecule has 0 N–H and O–H groups in total. The van der Waals surface area contributed by atoms with Crippen LogP contribution in [-0.2, 0) is 4.74 Å². The largest absolute Gasteiger partial charge is 0.373 e. The van der Waals surface area contributed by atoms with Crippen LogP contribution < -0.4 is 0 Å². The molecule has 0 aromatic carbocycles. The van der Waals surface area contributed by atoms with E-state index in [1.165, 1.54) is 0 Å². The number of hydrogen-bond donors (Lipinski definition) is 2. The van der Waals surface area contributed by atoms with Gasteiger partial charge in [0.15, 0.2) is 0 Å². The molecule has 0 bridgehead atoms. The highest BCUT2D eigenvalue weighted by Crippen LogP contribution is 1.73. The molecule has 0 aromatic heterocycles. The van der Waals surface area contributed by atoms with Crippen LogP contribution in [0.1, 0.15) is 0 Å². The number of rotatable bonds is 5. The minimum absolute atomic E-state index is 0.617. The molecule has 0 aliphatic heterocycles. The summed E-state index contributed by atoms with van der Waals surface area (Å²) in [5, 5.41) is 0. The first kappa shape index (κ1) is 13.7. The summed E-state index contributed by atoms with van der Waals surface area (Å²) in [4.78, 5) is 0. The van der Waals surface area contributed by atoms with E-state index in [1.54, 1.807) is 12.2 Å². The Bertz CT molecular complexity index is 74.2. The van der Waals surface area contributed by atoms with Gasteiger partial charge >= 0.3 is 0 Å². The van der Waals surface area contributed by atoms with Crippen molar-refractivity contribution in [2.24, 2.45) is 0 Å². The SMILES string of the molecule is C=CCOCC=C.SCCS. The lowest BCUT2D eigenvalue weighted by Gasteiger charge is -1.89. The minimum atomic E-state index is 0.617. The molecule has 0 heterocycles. The van der Waals surface area contributed by atoms with Gasteiger partial charge in [0.2, 0.25) is 0 Å². The van der Waals surface area contributed by atoms with Gasteiger partial charge < -0.3 is 4.74 Å².